The van der Waals surface area contributed by atoms with Crippen LogP contribution in [0.1, 0.15) is 13.3 Å². The van der Waals surface area contributed by atoms with Gasteiger partial charge in [0.2, 0.25) is 0 Å². The Morgan fingerprint density at radius 2 is 2.33 bits per heavy atom. The summed E-state index contributed by atoms with van der Waals surface area (Å²) in [4.78, 5) is 2.26. The third-order valence-corrected chi connectivity index (χ3v) is 2.95. The molecule has 0 aromatic heterocycles. The molecule has 1 aromatic rings. The van der Waals surface area contributed by atoms with Crippen LogP contribution in [0, 0.1) is 0 Å². The van der Waals surface area contributed by atoms with Gasteiger partial charge in [-0.05, 0) is 18.6 Å². The number of hydrogen-bond donors (Lipinski definition) is 1. The first-order valence-electron chi connectivity index (χ1n) is 5.41. The van der Waals surface area contributed by atoms with E-state index in [2.05, 4.69) is 30.3 Å². The molecule has 0 bridgehead atoms. The van der Waals surface area contributed by atoms with Crippen LogP contribution in [0.2, 0.25) is 0 Å². The Bertz CT molecular complexity index is 351. The molecule has 15 heavy (non-hydrogen) atoms. The normalized spacial score (nSPS) is 19.4. The molecule has 2 rings (SSSR count). The maximum Gasteiger partial charge on any atom is 0.144 e. The molecular weight excluding hydrogens is 188 g/mol. The highest BCUT2D eigenvalue weighted by molar-refractivity contribution is 5.78. The molecule has 1 aliphatic heterocycles. The van der Waals surface area contributed by atoms with Crippen LogP contribution in [0.4, 0.5) is 11.4 Å². The molecule has 3 heteroatoms. The number of nitrogens with zero attached hydrogens (tertiary/aromatic N) is 1. The summed E-state index contributed by atoms with van der Waals surface area (Å²) in [6, 6.07) is 6.67. The molecule has 82 valence electrons. The minimum absolute atomic E-state index is 0.537. The molecule has 1 aliphatic rings. The van der Waals surface area contributed by atoms with Crippen molar-refractivity contribution in [1.82, 2.24) is 0 Å². The topological polar surface area (TPSA) is 24.5 Å². The van der Waals surface area contributed by atoms with Gasteiger partial charge >= 0.3 is 0 Å². The van der Waals surface area contributed by atoms with Gasteiger partial charge in [-0.2, -0.15) is 0 Å². The second kappa shape index (κ2) is 4.01. The lowest BCUT2D eigenvalue weighted by molar-refractivity contribution is 0.414. The fraction of sp³-hybridized carbons (Fsp3) is 0.500. The molecule has 1 aromatic carbocycles. The van der Waals surface area contributed by atoms with Gasteiger partial charge in [0.15, 0.2) is 0 Å². The number of ether oxygens (including phenoxy) is 1. The van der Waals surface area contributed by atoms with Gasteiger partial charge in [0.1, 0.15) is 11.4 Å². The third-order valence-electron chi connectivity index (χ3n) is 2.95. The van der Waals surface area contributed by atoms with E-state index in [-0.39, 0.29) is 0 Å². The predicted molar refractivity (Wildman–Crippen MR) is 64.0 cm³/mol. The molecule has 0 radical (unpaired) electrons. The van der Waals surface area contributed by atoms with Gasteiger partial charge in [-0.1, -0.05) is 13.0 Å². The zero-order valence-electron chi connectivity index (χ0n) is 9.58. The molecule has 0 amide bonds. The van der Waals surface area contributed by atoms with E-state index in [4.69, 9.17) is 4.74 Å². The lowest BCUT2D eigenvalue weighted by atomic mass is 10.1. The molecule has 3 nitrogen and oxygen atoms in total. The lowest BCUT2D eigenvalue weighted by Crippen LogP contribution is -2.39. The van der Waals surface area contributed by atoms with E-state index in [1.807, 2.05) is 12.1 Å². The van der Waals surface area contributed by atoms with Gasteiger partial charge in [0.05, 0.1) is 12.8 Å². The number of hydrogen-bond acceptors (Lipinski definition) is 3. The van der Waals surface area contributed by atoms with Crippen molar-refractivity contribution in [1.29, 1.82) is 0 Å². The van der Waals surface area contributed by atoms with Crippen molar-refractivity contribution in [3.05, 3.63) is 18.2 Å². The lowest BCUT2D eigenvalue weighted by Gasteiger charge is -2.35. The minimum Gasteiger partial charge on any atom is -0.495 e. The van der Waals surface area contributed by atoms with Crippen molar-refractivity contribution in [2.75, 3.05) is 30.9 Å². The highest BCUT2D eigenvalue weighted by Gasteiger charge is 2.22. The fourth-order valence-corrected chi connectivity index (χ4v) is 2.12. The first-order valence-corrected chi connectivity index (χ1v) is 5.41. The zero-order valence-corrected chi connectivity index (χ0v) is 9.58. The SMILES string of the molecule is CCC1CN(C)c2c(cccc2OC)N1. The number of methoxy groups -OCH3 is 1. The number of likely N-dealkylation sites (N-methyl/N-ethyl adjacent to an activating group) is 1. The minimum atomic E-state index is 0.537. The maximum absolute atomic E-state index is 5.37. The summed E-state index contributed by atoms with van der Waals surface area (Å²) in [6.07, 6.45) is 1.14. The van der Waals surface area contributed by atoms with E-state index < -0.39 is 0 Å². The molecule has 1 heterocycles. The van der Waals surface area contributed by atoms with Crippen LogP contribution in [0.25, 0.3) is 0 Å². The Labute approximate surface area is 91.0 Å². The molecular formula is C12H18N2O. The van der Waals surface area contributed by atoms with Crippen molar-refractivity contribution in [3.8, 4) is 5.75 Å². The van der Waals surface area contributed by atoms with Gasteiger partial charge in [-0.3, -0.25) is 0 Å². The Balaban J connectivity index is 2.40. The fourth-order valence-electron chi connectivity index (χ4n) is 2.12. The number of para-hydroxylation sites is 1. The average molecular weight is 206 g/mol. The molecule has 0 aliphatic carbocycles. The quantitative estimate of drug-likeness (QED) is 0.803. The van der Waals surface area contributed by atoms with E-state index in [0.29, 0.717) is 6.04 Å². The van der Waals surface area contributed by atoms with E-state index in [1.54, 1.807) is 7.11 Å². The smallest absolute Gasteiger partial charge is 0.144 e. The van der Waals surface area contributed by atoms with Gasteiger partial charge in [0.25, 0.3) is 0 Å². The number of benzene rings is 1. The third kappa shape index (κ3) is 1.74. The number of anilines is 2. The van der Waals surface area contributed by atoms with Crippen molar-refractivity contribution < 1.29 is 4.74 Å². The van der Waals surface area contributed by atoms with Crippen LogP contribution in [0.5, 0.6) is 5.75 Å². The van der Waals surface area contributed by atoms with Crippen LogP contribution >= 0.6 is 0 Å². The standard InChI is InChI=1S/C12H18N2O/c1-4-9-8-14(2)12-10(13-9)6-5-7-11(12)15-3/h5-7,9,13H,4,8H2,1-3H3. The number of nitrogens with one attached hydrogen (secondary N) is 1. The Hall–Kier alpha value is -1.38. The summed E-state index contributed by atoms with van der Waals surface area (Å²) in [5.41, 5.74) is 2.35. The summed E-state index contributed by atoms with van der Waals surface area (Å²) in [6.45, 7) is 3.24. The average Bonchev–Trinajstić information content (AvgIpc) is 2.27. The Morgan fingerprint density at radius 3 is 3.00 bits per heavy atom. The summed E-state index contributed by atoms with van der Waals surface area (Å²) in [5.74, 6) is 0.942. The summed E-state index contributed by atoms with van der Waals surface area (Å²) in [7, 11) is 3.83. The van der Waals surface area contributed by atoms with Gasteiger partial charge < -0.3 is 15.0 Å². The first kappa shape index (κ1) is 10.1. The van der Waals surface area contributed by atoms with Crippen LogP contribution in [0.3, 0.4) is 0 Å². The number of rotatable bonds is 2. The predicted octanol–water partition coefficient (Wildman–Crippen LogP) is 2.34. The largest absolute Gasteiger partial charge is 0.495 e. The summed E-state index contributed by atoms with van der Waals surface area (Å²) >= 11 is 0. The molecule has 0 spiro atoms. The monoisotopic (exact) mass is 206 g/mol. The van der Waals surface area contributed by atoms with Crippen molar-refractivity contribution in [2.24, 2.45) is 0 Å². The van der Waals surface area contributed by atoms with E-state index in [0.717, 1.165) is 18.7 Å². The number of fused-ring (bicyclic) bond motifs is 1. The molecule has 1 unspecified atom stereocenters. The van der Waals surface area contributed by atoms with Gasteiger partial charge in [-0.15, -0.1) is 0 Å². The first-order chi connectivity index (χ1) is 7.26. The van der Waals surface area contributed by atoms with Crippen molar-refractivity contribution in [2.45, 2.75) is 19.4 Å². The second-order valence-electron chi connectivity index (χ2n) is 3.99. The summed E-state index contributed by atoms with van der Waals surface area (Å²) in [5, 5.41) is 3.53. The molecule has 0 fully saturated rings. The van der Waals surface area contributed by atoms with Crippen molar-refractivity contribution >= 4 is 11.4 Å². The van der Waals surface area contributed by atoms with Gasteiger partial charge in [0, 0.05) is 19.6 Å². The Morgan fingerprint density at radius 1 is 1.53 bits per heavy atom. The van der Waals surface area contributed by atoms with Crippen LogP contribution in [0.15, 0.2) is 18.2 Å². The molecule has 0 saturated carbocycles. The molecule has 1 N–H and O–H groups in total. The second-order valence-corrected chi connectivity index (χ2v) is 3.99. The van der Waals surface area contributed by atoms with E-state index in [1.165, 1.54) is 11.4 Å². The molecule has 1 atom stereocenters. The van der Waals surface area contributed by atoms with Gasteiger partial charge in [-0.25, -0.2) is 0 Å². The summed E-state index contributed by atoms with van der Waals surface area (Å²) < 4.78 is 5.37. The van der Waals surface area contributed by atoms with Crippen LogP contribution in [-0.2, 0) is 0 Å². The van der Waals surface area contributed by atoms with E-state index >= 15 is 0 Å². The molecule has 0 saturated heterocycles. The Kier molecular flexibility index (Phi) is 2.71. The van der Waals surface area contributed by atoms with Crippen LogP contribution < -0.4 is 15.0 Å². The van der Waals surface area contributed by atoms with Crippen molar-refractivity contribution in [3.63, 3.8) is 0 Å². The van der Waals surface area contributed by atoms with E-state index in [9.17, 15) is 0 Å². The maximum atomic E-state index is 5.37. The zero-order chi connectivity index (χ0) is 10.8. The highest BCUT2D eigenvalue weighted by Crippen LogP contribution is 2.38. The van der Waals surface area contributed by atoms with Crippen LogP contribution in [-0.4, -0.2) is 26.7 Å². The highest BCUT2D eigenvalue weighted by atomic mass is 16.5.